The van der Waals surface area contributed by atoms with E-state index in [0.717, 1.165) is 5.82 Å². The first kappa shape index (κ1) is 18.9. The van der Waals surface area contributed by atoms with Crippen molar-refractivity contribution in [3.63, 3.8) is 0 Å². The molecule has 0 N–H and O–H groups in total. The van der Waals surface area contributed by atoms with Crippen LogP contribution in [0.25, 0.3) is 0 Å². The Morgan fingerprint density at radius 2 is 1.81 bits per heavy atom. The lowest BCUT2D eigenvalue weighted by Gasteiger charge is -2.34. The molecule has 0 unspecified atom stereocenters. The highest BCUT2D eigenvalue weighted by atomic mass is 32.2. The maximum Gasteiger partial charge on any atom is 0.246 e. The van der Waals surface area contributed by atoms with Crippen molar-refractivity contribution in [2.75, 3.05) is 45.3 Å². The van der Waals surface area contributed by atoms with Crippen LogP contribution in [0.4, 0.5) is 5.82 Å². The van der Waals surface area contributed by atoms with E-state index in [-0.39, 0.29) is 10.6 Å². The second-order valence-electron chi connectivity index (χ2n) is 5.92. The fraction of sp³-hybridized carbons (Fsp3) is 0.333. The molecule has 1 saturated heterocycles. The number of pyridine rings is 1. The molecule has 2 heterocycles. The number of nitriles is 1. The molecule has 9 heteroatoms. The summed E-state index contributed by atoms with van der Waals surface area (Å²) in [7, 11) is -0.737. The Balaban J connectivity index is 1.75. The number of ether oxygens (including phenoxy) is 2. The van der Waals surface area contributed by atoms with Crippen molar-refractivity contribution in [3.8, 4) is 17.6 Å². The Bertz CT molecular complexity index is 946. The number of hydrogen-bond acceptors (Lipinski definition) is 7. The van der Waals surface area contributed by atoms with Crippen LogP contribution < -0.4 is 14.4 Å². The third-order valence-electron chi connectivity index (χ3n) is 4.43. The Kier molecular flexibility index (Phi) is 5.48. The van der Waals surface area contributed by atoms with Gasteiger partial charge in [-0.3, -0.25) is 0 Å². The van der Waals surface area contributed by atoms with Crippen LogP contribution in [0.1, 0.15) is 5.56 Å². The van der Waals surface area contributed by atoms with Crippen LogP contribution in [-0.2, 0) is 10.0 Å². The van der Waals surface area contributed by atoms with Gasteiger partial charge in [-0.25, -0.2) is 13.4 Å². The van der Waals surface area contributed by atoms with Gasteiger partial charge in [0.05, 0.1) is 19.8 Å². The molecule has 0 bridgehead atoms. The molecule has 3 rings (SSSR count). The zero-order chi connectivity index (χ0) is 19.4. The molecule has 1 fully saturated rings. The summed E-state index contributed by atoms with van der Waals surface area (Å²) in [6, 6.07) is 10.2. The smallest absolute Gasteiger partial charge is 0.246 e. The van der Waals surface area contributed by atoms with Gasteiger partial charge in [0.15, 0.2) is 0 Å². The van der Waals surface area contributed by atoms with E-state index in [1.807, 2.05) is 11.0 Å². The molecule has 0 aliphatic carbocycles. The number of rotatable bonds is 5. The summed E-state index contributed by atoms with van der Waals surface area (Å²) in [6.07, 6.45) is 1.51. The minimum absolute atomic E-state index is 0.121. The van der Waals surface area contributed by atoms with E-state index < -0.39 is 10.0 Å². The average Bonchev–Trinajstić information content (AvgIpc) is 2.73. The van der Waals surface area contributed by atoms with Gasteiger partial charge in [0.1, 0.15) is 28.3 Å². The van der Waals surface area contributed by atoms with Gasteiger partial charge in [-0.1, -0.05) is 0 Å². The molecule has 8 nitrogen and oxygen atoms in total. The first-order valence-electron chi connectivity index (χ1n) is 8.33. The van der Waals surface area contributed by atoms with Crippen LogP contribution in [-0.4, -0.2) is 58.1 Å². The summed E-state index contributed by atoms with van der Waals surface area (Å²) < 4.78 is 37.9. The predicted octanol–water partition coefficient (Wildman–Crippen LogP) is 1.48. The van der Waals surface area contributed by atoms with Crippen LogP contribution >= 0.6 is 0 Å². The largest absolute Gasteiger partial charge is 0.497 e. The molecule has 0 saturated carbocycles. The summed E-state index contributed by atoms with van der Waals surface area (Å²) >= 11 is 0. The van der Waals surface area contributed by atoms with E-state index >= 15 is 0 Å². The molecule has 1 aliphatic heterocycles. The van der Waals surface area contributed by atoms with Crippen LogP contribution in [0.2, 0.25) is 0 Å². The van der Waals surface area contributed by atoms with Crippen molar-refractivity contribution in [3.05, 3.63) is 42.1 Å². The van der Waals surface area contributed by atoms with Crippen molar-refractivity contribution in [1.29, 1.82) is 5.26 Å². The maximum absolute atomic E-state index is 13.0. The van der Waals surface area contributed by atoms with Crippen LogP contribution in [0, 0.1) is 11.3 Å². The monoisotopic (exact) mass is 388 g/mol. The van der Waals surface area contributed by atoms with Gasteiger partial charge in [-0.2, -0.15) is 9.57 Å². The molecule has 1 aromatic heterocycles. The third kappa shape index (κ3) is 3.82. The lowest BCUT2D eigenvalue weighted by molar-refractivity contribution is 0.369. The SMILES string of the molecule is COc1ccc(S(=O)(=O)N2CCN(c3ccc(C#N)cn3)CC2)c(OC)c1. The Labute approximate surface area is 158 Å². The lowest BCUT2D eigenvalue weighted by atomic mass is 10.3. The van der Waals surface area contributed by atoms with Gasteiger partial charge in [0.25, 0.3) is 0 Å². The fourth-order valence-electron chi connectivity index (χ4n) is 2.92. The summed E-state index contributed by atoms with van der Waals surface area (Å²) in [4.78, 5) is 6.39. The van der Waals surface area contributed by atoms with Crippen molar-refractivity contribution in [2.45, 2.75) is 4.90 Å². The topological polar surface area (TPSA) is 95.8 Å². The van der Waals surface area contributed by atoms with Gasteiger partial charge in [-0.15, -0.1) is 0 Å². The molecule has 0 spiro atoms. The van der Waals surface area contributed by atoms with Gasteiger partial charge >= 0.3 is 0 Å². The number of hydrogen-bond donors (Lipinski definition) is 0. The fourth-order valence-corrected chi connectivity index (χ4v) is 4.48. The van der Waals surface area contributed by atoms with Gasteiger partial charge < -0.3 is 14.4 Å². The van der Waals surface area contributed by atoms with Crippen LogP contribution in [0.5, 0.6) is 11.5 Å². The normalized spacial score (nSPS) is 15.2. The Hall–Kier alpha value is -2.83. The summed E-state index contributed by atoms with van der Waals surface area (Å²) in [5.74, 6) is 1.51. The van der Waals surface area contributed by atoms with E-state index in [1.54, 1.807) is 24.3 Å². The van der Waals surface area contributed by atoms with Crippen molar-refractivity contribution < 1.29 is 17.9 Å². The van der Waals surface area contributed by atoms with Crippen molar-refractivity contribution in [2.24, 2.45) is 0 Å². The lowest BCUT2D eigenvalue weighted by Crippen LogP contribution is -2.49. The second kappa shape index (κ2) is 7.82. The molecular weight excluding hydrogens is 368 g/mol. The molecule has 27 heavy (non-hydrogen) atoms. The standard InChI is InChI=1S/C18H20N4O4S/c1-25-15-4-5-17(16(11-15)26-2)27(23,24)22-9-7-21(8-10-22)18-6-3-14(12-19)13-20-18/h3-6,11,13H,7-10H2,1-2H3. The Morgan fingerprint density at radius 3 is 2.37 bits per heavy atom. The van der Waals surface area contributed by atoms with E-state index in [9.17, 15) is 8.42 Å². The molecule has 0 amide bonds. The van der Waals surface area contributed by atoms with Crippen LogP contribution in [0.3, 0.4) is 0 Å². The van der Waals surface area contributed by atoms with E-state index in [0.29, 0.717) is 37.5 Å². The number of benzene rings is 1. The predicted molar refractivity (Wildman–Crippen MR) is 99.5 cm³/mol. The maximum atomic E-state index is 13.0. The van der Waals surface area contributed by atoms with Crippen molar-refractivity contribution >= 4 is 15.8 Å². The third-order valence-corrected chi connectivity index (χ3v) is 6.37. The molecule has 1 aromatic carbocycles. The highest BCUT2D eigenvalue weighted by Gasteiger charge is 2.31. The Morgan fingerprint density at radius 1 is 1.07 bits per heavy atom. The van der Waals surface area contributed by atoms with Gasteiger partial charge in [0.2, 0.25) is 10.0 Å². The van der Waals surface area contributed by atoms with E-state index in [2.05, 4.69) is 4.98 Å². The average molecular weight is 388 g/mol. The molecule has 1 aliphatic rings. The molecule has 2 aromatic rings. The highest BCUT2D eigenvalue weighted by Crippen LogP contribution is 2.31. The number of sulfonamides is 1. The zero-order valence-corrected chi connectivity index (χ0v) is 15.9. The summed E-state index contributed by atoms with van der Waals surface area (Å²) in [5.41, 5.74) is 0.492. The summed E-state index contributed by atoms with van der Waals surface area (Å²) in [5, 5.41) is 8.85. The van der Waals surface area contributed by atoms with Crippen LogP contribution in [0.15, 0.2) is 41.4 Å². The first-order chi connectivity index (χ1) is 13.0. The number of piperazine rings is 1. The van der Waals surface area contributed by atoms with Gasteiger partial charge in [0, 0.05) is 38.4 Å². The number of methoxy groups -OCH3 is 2. The minimum Gasteiger partial charge on any atom is -0.497 e. The first-order valence-corrected chi connectivity index (χ1v) is 9.77. The quantitative estimate of drug-likeness (QED) is 0.765. The van der Waals surface area contributed by atoms with E-state index in [4.69, 9.17) is 14.7 Å². The molecule has 142 valence electrons. The van der Waals surface area contributed by atoms with Gasteiger partial charge in [-0.05, 0) is 24.3 Å². The number of nitrogens with zero attached hydrogens (tertiary/aromatic N) is 4. The zero-order valence-electron chi connectivity index (χ0n) is 15.1. The minimum atomic E-state index is -3.68. The van der Waals surface area contributed by atoms with Crippen molar-refractivity contribution in [1.82, 2.24) is 9.29 Å². The highest BCUT2D eigenvalue weighted by molar-refractivity contribution is 7.89. The second-order valence-corrected chi connectivity index (χ2v) is 7.83. The molecular formula is C18H20N4O4S. The molecule has 0 radical (unpaired) electrons. The summed E-state index contributed by atoms with van der Waals surface area (Å²) in [6.45, 7) is 1.69. The number of anilines is 1. The molecule has 0 atom stereocenters. The van der Waals surface area contributed by atoms with E-state index in [1.165, 1.54) is 30.8 Å². The number of aromatic nitrogens is 1.